The van der Waals surface area contributed by atoms with Gasteiger partial charge in [0.2, 0.25) is 5.91 Å². The van der Waals surface area contributed by atoms with Crippen LogP contribution < -0.4 is 16.0 Å². The van der Waals surface area contributed by atoms with E-state index in [1.807, 2.05) is 55.5 Å². The molecule has 37 heavy (non-hydrogen) atoms. The van der Waals surface area contributed by atoms with Crippen LogP contribution in [0.15, 0.2) is 93.2 Å². The molecule has 0 radical (unpaired) electrons. The number of thioether (sulfide) groups is 1. The smallest absolute Gasteiger partial charge is 0.254 e. The molecule has 4 rings (SSSR count). The third kappa shape index (κ3) is 5.96. The van der Waals surface area contributed by atoms with Gasteiger partial charge in [-0.25, -0.2) is 0 Å². The zero-order chi connectivity index (χ0) is 26.4. The van der Waals surface area contributed by atoms with Gasteiger partial charge in [0.25, 0.3) is 5.91 Å². The molecular formula is C29H28N4O3S. The highest BCUT2D eigenvalue weighted by Gasteiger charge is 2.36. The second-order valence-corrected chi connectivity index (χ2v) is 9.61. The van der Waals surface area contributed by atoms with Crippen molar-refractivity contribution in [2.24, 2.45) is 0 Å². The number of nitrogens with one attached hydrogen (secondary N) is 3. The van der Waals surface area contributed by atoms with E-state index in [0.29, 0.717) is 33.3 Å². The second-order valence-electron chi connectivity index (χ2n) is 8.62. The van der Waals surface area contributed by atoms with Gasteiger partial charge in [-0.3, -0.25) is 9.59 Å². The van der Waals surface area contributed by atoms with E-state index < -0.39 is 5.92 Å². The van der Waals surface area contributed by atoms with Crippen molar-refractivity contribution >= 4 is 35.0 Å². The van der Waals surface area contributed by atoms with Gasteiger partial charge in [0.1, 0.15) is 5.76 Å². The number of dihydropyridines is 1. The van der Waals surface area contributed by atoms with E-state index in [0.717, 1.165) is 17.7 Å². The number of aryl methyl sites for hydroxylation is 2. The number of benzene rings is 2. The Morgan fingerprint density at radius 3 is 2.46 bits per heavy atom. The Morgan fingerprint density at radius 1 is 1.05 bits per heavy atom. The molecule has 0 saturated heterocycles. The molecule has 0 unspecified atom stereocenters. The van der Waals surface area contributed by atoms with Crippen LogP contribution in [0.3, 0.4) is 0 Å². The molecule has 0 bridgehead atoms. The molecule has 3 aromatic rings. The van der Waals surface area contributed by atoms with Crippen LogP contribution in [0.25, 0.3) is 0 Å². The quantitative estimate of drug-likeness (QED) is 0.349. The number of carbonyl (C=O) groups excluding carboxylic acids is 2. The molecule has 2 aromatic carbocycles. The predicted molar refractivity (Wildman–Crippen MR) is 147 cm³/mol. The van der Waals surface area contributed by atoms with Crippen LogP contribution in [0, 0.1) is 18.3 Å². The first-order valence-electron chi connectivity index (χ1n) is 11.9. The fourth-order valence-corrected chi connectivity index (χ4v) is 5.02. The number of nitriles is 1. The predicted octanol–water partition coefficient (Wildman–Crippen LogP) is 5.86. The van der Waals surface area contributed by atoms with Gasteiger partial charge < -0.3 is 20.4 Å². The maximum atomic E-state index is 13.5. The maximum absolute atomic E-state index is 13.5. The van der Waals surface area contributed by atoms with Crippen molar-refractivity contribution in [2.75, 3.05) is 16.4 Å². The number of hydrogen-bond acceptors (Lipinski definition) is 6. The van der Waals surface area contributed by atoms with Crippen molar-refractivity contribution in [3.8, 4) is 6.07 Å². The molecule has 0 spiro atoms. The minimum absolute atomic E-state index is 0.0886. The summed E-state index contributed by atoms with van der Waals surface area (Å²) >= 11 is 1.22. The van der Waals surface area contributed by atoms with Crippen molar-refractivity contribution in [3.05, 3.63) is 106 Å². The van der Waals surface area contributed by atoms with E-state index in [2.05, 4.69) is 28.9 Å². The third-order valence-corrected chi connectivity index (χ3v) is 7.12. The second kappa shape index (κ2) is 11.7. The molecule has 0 saturated carbocycles. The zero-order valence-electron chi connectivity index (χ0n) is 20.9. The first-order valence-corrected chi connectivity index (χ1v) is 12.9. The fourth-order valence-electron chi connectivity index (χ4n) is 4.13. The minimum Gasteiger partial charge on any atom is -0.468 e. The molecule has 1 aliphatic rings. The summed E-state index contributed by atoms with van der Waals surface area (Å²) in [4.78, 5) is 26.1. The summed E-state index contributed by atoms with van der Waals surface area (Å²) in [5, 5.41) is 19.7. The minimum atomic E-state index is -0.710. The standard InChI is InChI=1S/C29H28N4O3S/c1-4-20-11-13-21(14-12-20)32-28(35)26-19(3)31-29(22(16-30)27(26)24-10-7-15-36-24)37-17-25(34)33-23-9-6-5-8-18(23)2/h5-15,27,31H,4,17H2,1-3H3,(H,32,35)(H,33,34)/t27-/m0/s1. The molecule has 7 nitrogen and oxygen atoms in total. The van der Waals surface area contributed by atoms with E-state index in [1.54, 1.807) is 19.1 Å². The summed E-state index contributed by atoms with van der Waals surface area (Å²) in [5.74, 6) is -0.666. The molecular weight excluding hydrogens is 484 g/mol. The summed E-state index contributed by atoms with van der Waals surface area (Å²) in [5.41, 5.74) is 4.84. The Balaban J connectivity index is 1.57. The molecule has 1 atom stereocenters. The Labute approximate surface area is 220 Å². The average Bonchev–Trinajstić information content (AvgIpc) is 3.43. The zero-order valence-corrected chi connectivity index (χ0v) is 21.7. The topological polar surface area (TPSA) is 107 Å². The van der Waals surface area contributed by atoms with Gasteiger partial charge in [-0.05, 0) is 61.7 Å². The van der Waals surface area contributed by atoms with Crippen LogP contribution in [0.2, 0.25) is 0 Å². The fraction of sp³-hybridized carbons (Fsp3) is 0.207. The summed E-state index contributed by atoms with van der Waals surface area (Å²) in [7, 11) is 0. The lowest BCUT2D eigenvalue weighted by Crippen LogP contribution is -2.31. The van der Waals surface area contributed by atoms with Gasteiger partial charge in [0.15, 0.2) is 0 Å². The Bertz CT molecular complexity index is 1400. The summed E-state index contributed by atoms with van der Waals surface area (Å²) < 4.78 is 5.66. The van der Waals surface area contributed by atoms with Crippen molar-refractivity contribution in [3.63, 3.8) is 0 Å². The van der Waals surface area contributed by atoms with Gasteiger partial charge in [-0.15, -0.1) is 0 Å². The van der Waals surface area contributed by atoms with Crippen LogP contribution in [-0.4, -0.2) is 17.6 Å². The first kappa shape index (κ1) is 25.9. The molecule has 0 aliphatic carbocycles. The van der Waals surface area contributed by atoms with Gasteiger partial charge in [0.05, 0.1) is 40.2 Å². The third-order valence-electron chi connectivity index (χ3n) is 6.11. The van der Waals surface area contributed by atoms with Crippen LogP contribution in [0.1, 0.15) is 36.7 Å². The van der Waals surface area contributed by atoms with Crippen molar-refractivity contribution in [1.82, 2.24) is 5.32 Å². The molecule has 188 valence electrons. The summed E-state index contributed by atoms with van der Waals surface area (Å²) in [6.07, 6.45) is 2.42. The van der Waals surface area contributed by atoms with Crippen molar-refractivity contribution in [1.29, 1.82) is 5.26 Å². The van der Waals surface area contributed by atoms with Gasteiger partial charge in [0, 0.05) is 17.1 Å². The molecule has 1 aromatic heterocycles. The number of furan rings is 1. The monoisotopic (exact) mass is 512 g/mol. The van der Waals surface area contributed by atoms with E-state index >= 15 is 0 Å². The summed E-state index contributed by atoms with van der Waals surface area (Å²) in [6, 6.07) is 20.9. The highest BCUT2D eigenvalue weighted by Crippen LogP contribution is 2.41. The Morgan fingerprint density at radius 2 is 1.81 bits per heavy atom. The number of carbonyl (C=O) groups is 2. The van der Waals surface area contributed by atoms with E-state index in [4.69, 9.17) is 4.42 Å². The number of rotatable bonds is 8. The lowest BCUT2D eigenvalue weighted by Gasteiger charge is -2.28. The molecule has 3 N–H and O–H groups in total. The SMILES string of the molecule is CCc1ccc(NC(=O)C2=C(C)NC(SCC(=O)Nc3ccccc3C)=C(C#N)[C@H]2c2ccco2)cc1. The highest BCUT2D eigenvalue weighted by molar-refractivity contribution is 8.03. The van der Waals surface area contributed by atoms with E-state index in [-0.39, 0.29) is 17.6 Å². The van der Waals surface area contributed by atoms with Gasteiger partial charge >= 0.3 is 0 Å². The normalized spacial score (nSPS) is 15.1. The summed E-state index contributed by atoms with van der Waals surface area (Å²) in [6.45, 7) is 5.78. The number of anilines is 2. The van der Waals surface area contributed by atoms with Crippen LogP contribution in [-0.2, 0) is 16.0 Å². The number of hydrogen-bond donors (Lipinski definition) is 3. The average molecular weight is 513 g/mol. The number of nitrogens with zero attached hydrogens (tertiary/aromatic N) is 1. The number of para-hydroxylation sites is 1. The van der Waals surface area contributed by atoms with Gasteiger partial charge in [-0.1, -0.05) is 49.0 Å². The largest absolute Gasteiger partial charge is 0.468 e. The lowest BCUT2D eigenvalue weighted by molar-refractivity contribution is -0.114. The van der Waals surface area contributed by atoms with E-state index in [1.165, 1.54) is 23.6 Å². The number of amides is 2. The number of allylic oxidation sites excluding steroid dienone is 2. The van der Waals surface area contributed by atoms with Crippen LogP contribution >= 0.6 is 11.8 Å². The van der Waals surface area contributed by atoms with Gasteiger partial charge in [-0.2, -0.15) is 5.26 Å². The van der Waals surface area contributed by atoms with Crippen molar-refractivity contribution < 1.29 is 14.0 Å². The van der Waals surface area contributed by atoms with E-state index in [9.17, 15) is 14.9 Å². The molecule has 1 aliphatic heterocycles. The molecule has 0 fully saturated rings. The Hall–Kier alpha value is -4.22. The maximum Gasteiger partial charge on any atom is 0.254 e. The lowest BCUT2D eigenvalue weighted by atomic mass is 9.85. The Kier molecular flexibility index (Phi) is 8.16. The molecule has 2 amide bonds. The van der Waals surface area contributed by atoms with Crippen LogP contribution in [0.5, 0.6) is 0 Å². The first-order chi connectivity index (χ1) is 17.9. The molecule has 2 heterocycles. The van der Waals surface area contributed by atoms with Crippen LogP contribution in [0.4, 0.5) is 11.4 Å². The molecule has 8 heteroatoms. The van der Waals surface area contributed by atoms with Crippen molar-refractivity contribution in [2.45, 2.75) is 33.1 Å². The highest BCUT2D eigenvalue weighted by atomic mass is 32.2.